The van der Waals surface area contributed by atoms with Gasteiger partial charge < -0.3 is 14.7 Å². The Morgan fingerprint density at radius 2 is 2.10 bits per heavy atom. The first kappa shape index (κ1) is 14.5. The summed E-state index contributed by atoms with van der Waals surface area (Å²) in [5, 5.41) is 9.13. The molecule has 5 nitrogen and oxygen atoms in total. The molecule has 2 atom stereocenters. The van der Waals surface area contributed by atoms with Crippen molar-refractivity contribution in [2.75, 3.05) is 19.8 Å². The van der Waals surface area contributed by atoms with E-state index >= 15 is 0 Å². The molecule has 0 bridgehead atoms. The third-order valence-corrected chi connectivity index (χ3v) is 3.58. The number of ether oxygens (including phenoxy) is 1. The molecule has 0 spiro atoms. The largest absolute Gasteiger partial charge is 0.480 e. The minimum absolute atomic E-state index is 0.0702. The quantitative estimate of drug-likeness (QED) is 0.905. The maximum Gasteiger partial charge on any atom is 0.328 e. The lowest BCUT2D eigenvalue weighted by Crippen LogP contribution is -2.52. The molecule has 1 aliphatic heterocycles. The first-order valence-corrected chi connectivity index (χ1v) is 6.74. The molecular weight excluding hydrogens is 258 g/mol. The molecule has 1 aromatic rings. The number of hydrogen-bond acceptors (Lipinski definition) is 3. The fraction of sp³-hybridized carbons (Fsp3) is 0.467. The molecule has 1 heterocycles. The first-order valence-electron chi connectivity index (χ1n) is 6.74. The molecule has 0 unspecified atom stereocenters. The monoisotopic (exact) mass is 277 g/mol. The van der Waals surface area contributed by atoms with Crippen LogP contribution in [0.15, 0.2) is 30.3 Å². The van der Waals surface area contributed by atoms with Crippen LogP contribution in [0.3, 0.4) is 0 Å². The summed E-state index contributed by atoms with van der Waals surface area (Å²) in [6, 6.07) is 8.90. The van der Waals surface area contributed by atoms with E-state index in [-0.39, 0.29) is 18.4 Å². The number of nitrogens with zero attached hydrogens (tertiary/aromatic N) is 1. The van der Waals surface area contributed by atoms with E-state index in [9.17, 15) is 9.59 Å². The number of carbonyl (C=O) groups excluding carboxylic acids is 1. The lowest BCUT2D eigenvalue weighted by Gasteiger charge is -2.33. The number of benzene rings is 1. The van der Waals surface area contributed by atoms with Gasteiger partial charge in [-0.25, -0.2) is 4.79 Å². The molecule has 2 rings (SSSR count). The van der Waals surface area contributed by atoms with Gasteiger partial charge in [-0.3, -0.25) is 4.79 Å². The van der Waals surface area contributed by atoms with Crippen molar-refractivity contribution in [1.82, 2.24) is 4.90 Å². The van der Waals surface area contributed by atoms with Crippen molar-refractivity contribution < 1.29 is 19.4 Å². The Kier molecular flexibility index (Phi) is 4.74. The van der Waals surface area contributed by atoms with Crippen molar-refractivity contribution in [3.05, 3.63) is 35.9 Å². The molecule has 0 aliphatic carbocycles. The molecule has 20 heavy (non-hydrogen) atoms. The normalized spacial score (nSPS) is 20.4. The van der Waals surface area contributed by atoms with E-state index < -0.39 is 12.0 Å². The van der Waals surface area contributed by atoms with E-state index in [1.807, 2.05) is 37.3 Å². The van der Waals surface area contributed by atoms with Crippen LogP contribution in [0.4, 0.5) is 0 Å². The van der Waals surface area contributed by atoms with Crippen LogP contribution in [0.2, 0.25) is 0 Å². The summed E-state index contributed by atoms with van der Waals surface area (Å²) in [5.41, 5.74) is 1.08. The average Bonchev–Trinajstić information content (AvgIpc) is 2.48. The van der Waals surface area contributed by atoms with Gasteiger partial charge in [0, 0.05) is 13.0 Å². The maximum atomic E-state index is 12.3. The predicted octanol–water partition coefficient (Wildman–Crippen LogP) is 1.49. The Hall–Kier alpha value is -1.88. The minimum atomic E-state index is -1.01. The van der Waals surface area contributed by atoms with Gasteiger partial charge in [0.1, 0.15) is 0 Å². The van der Waals surface area contributed by atoms with Gasteiger partial charge in [0.05, 0.1) is 13.2 Å². The second kappa shape index (κ2) is 6.52. The molecule has 1 aromatic carbocycles. The Labute approximate surface area is 118 Å². The first-order chi connectivity index (χ1) is 9.59. The van der Waals surface area contributed by atoms with Crippen LogP contribution in [-0.4, -0.2) is 47.7 Å². The van der Waals surface area contributed by atoms with Crippen LogP contribution >= 0.6 is 0 Å². The summed E-state index contributed by atoms with van der Waals surface area (Å²) < 4.78 is 5.14. The summed E-state index contributed by atoms with van der Waals surface area (Å²) in [6.45, 7) is 2.79. The number of aliphatic carboxylic acids is 1. The van der Waals surface area contributed by atoms with Crippen LogP contribution in [0.1, 0.15) is 24.8 Å². The zero-order valence-corrected chi connectivity index (χ0v) is 11.5. The molecule has 5 heteroatoms. The highest BCUT2D eigenvalue weighted by molar-refractivity contribution is 5.84. The van der Waals surface area contributed by atoms with Crippen LogP contribution in [0.25, 0.3) is 0 Å². The minimum Gasteiger partial charge on any atom is -0.480 e. The fourth-order valence-electron chi connectivity index (χ4n) is 2.39. The van der Waals surface area contributed by atoms with E-state index in [0.717, 1.165) is 5.56 Å². The summed E-state index contributed by atoms with van der Waals surface area (Å²) in [5.74, 6) is -1.07. The van der Waals surface area contributed by atoms with Gasteiger partial charge in [-0.15, -0.1) is 0 Å². The smallest absolute Gasteiger partial charge is 0.328 e. The number of amides is 1. The van der Waals surface area contributed by atoms with Crippen molar-refractivity contribution in [2.24, 2.45) is 0 Å². The van der Waals surface area contributed by atoms with Gasteiger partial charge in [0.2, 0.25) is 5.91 Å². The molecule has 1 N–H and O–H groups in total. The molecule has 1 fully saturated rings. The molecule has 0 radical (unpaired) electrons. The highest BCUT2D eigenvalue weighted by atomic mass is 16.5. The summed E-state index contributed by atoms with van der Waals surface area (Å²) in [7, 11) is 0. The van der Waals surface area contributed by atoms with E-state index in [1.165, 1.54) is 4.90 Å². The van der Waals surface area contributed by atoms with Crippen molar-refractivity contribution >= 4 is 11.9 Å². The number of hydrogen-bond donors (Lipinski definition) is 1. The van der Waals surface area contributed by atoms with Crippen molar-refractivity contribution in [3.8, 4) is 0 Å². The highest BCUT2D eigenvalue weighted by Crippen LogP contribution is 2.21. The summed E-state index contributed by atoms with van der Waals surface area (Å²) in [4.78, 5) is 24.9. The van der Waals surface area contributed by atoms with Crippen LogP contribution < -0.4 is 0 Å². The van der Waals surface area contributed by atoms with E-state index in [1.54, 1.807) is 0 Å². The standard InChI is InChI=1S/C15H19NO4/c1-11(12-5-3-2-4-6-12)9-14(17)16-7-8-20-10-13(16)15(18)19/h2-6,11,13H,7-10H2,1H3,(H,18,19)/t11-,13-/m0/s1. The molecule has 108 valence electrons. The molecular formula is C15H19NO4. The summed E-state index contributed by atoms with van der Waals surface area (Å²) >= 11 is 0. The molecule has 0 saturated carbocycles. The zero-order valence-electron chi connectivity index (χ0n) is 11.5. The van der Waals surface area contributed by atoms with Crippen molar-refractivity contribution in [3.63, 3.8) is 0 Å². The van der Waals surface area contributed by atoms with Gasteiger partial charge in [-0.1, -0.05) is 37.3 Å². The van der Waals surface area contributed by atoms with E-state index in [0.29, 0.717) is 19.6 Å². The lowest BCUT2D eigenvalue weighted by atomic mass is 9.97. The van der Waals surface area contributed by atoms with Crippen LogP contribution in [-0.2, 0) is 14.3 Å². The second-order valence-electron chi connectivity index (χ2n) is 5.03. The zero-order chi connectivity index (χ0) is 14.5. The Bertz CT molecular complexity index is 474. The van der Waals surface area contributed by atoms with Crippen molar-refractivity contribution in [2.45, 2.75) is 25.3 Å². The van der Waals surface area contributed by atoms with Gasteiger partial charge in [-0.2, -0.15) is 0 Å². The van der Waals surface area contributed by atoms with Gasteiger partial charge >= 0.3 is 5.97 Å². The number of carbonyl (C=O) groups is 2. The number of carboxylic acids is 1. The average molecular weight is 277 g/mol. The lowest BCUT2D eigenvalue weighted by molar-refractivity contribution is -0.158. The number of rotatable bonds is 4. The second-order valence-corrected chi connectivity index (χ2v) is 5.03. The van der Waals surface area contributed by atoms with Gasteiger partial charge in [0.15, 0.2) is 6.04 Å². The Morgan fingerprint density at radius 3 is 2.75 bits per heavy atom. The van der Waals surface area contributed by atoms with Gasteiger partial charge in [0.25, 0.3) is 0 Å². The maximum absolute atomic E-state index is 12.3. The predicted molar refractivity (Wildman–Crippen MR) is 73.4 cm³/mol. The Morgan fingerprint density at radius 1 is 1.40 bits per heavy atom. The SMILES string of the molecule is C[C@@H](CC(=O)N1CCOC[C@H]1C(=O)O)c1ccccc1. The molecule has 0 aromatic heterocycles. The molecule has 1 amide bonds. The third kappa shape index (κ3) is 3.36. The number of morpholine rings is 1. The van der Waals surface area contributed by atoms with Crippen LogP contribution in [0.5, 0.6) is 0 Å². The Balaban J connectivity index is 2.01. The molecule has 1 saturated heterocycles. The third-order valence-electron chi connectivity index (χ3n) is 3.58. The van der Waals surface area contributed by atoms with Gasteiger partial charge in [-0.05, 0) is 11.5 Å². The van der Waals surface area contributed by atoms with Crippen molar-refractivity contribution in [1.29, 1.82) is 0 Å². The van der Waals surface area contributed by atoms with E-state index in [2.05, 4.69) is 0 Å². The topological polar surface area (TPSA) is 66.8 Å². The van der Waals surface area contributed by atoms with E-state index in [4.69, 9.17) is 9.84 Å². The highest BCUT2D eigenvalue weighted by Gasteiger charge is 2.33. The summed E-state index contributed by atoms with van der Waals surface area (Å²) in [6.07, 6.45) is 0.313. The number of carboxylic acid groups (broad SMARTS) is 1. The fourth-order valence-corrected chi connectivity index (χ4v) is 2.39. The van der Waals surface area contributed by atoms with Crippen LogP contribution in [0, 0.1) is 0 Å². The molecule has 1 aliphatic rings.